The molecule has 1 aliphatic rings. The maximum absolute atomic E-state index is 13.6. The van der Waals surface area contributed by atoms with Crippen molar-refractivity contribution in [2.24, 2.45) is 0 Å². The SMILES string of the molecule is COc1ccc(S(=O)(=O)N(CC(=O)Nc2ccc(OCc3ccccc3)cc2)C2CCCCC2)cc1Cl. The van der Waals surface area contributed by atoms with E-state index in [0.717, 1.165) is 24.8 Å². The molecular weight excluding hydrogens is 512 g/mol. The molecular formula is C28H31ClN2O5S. The van der Waals surface area contributed by atoms with Gasteiger partial charge in [0.25, 0.3) is 0 Å². The molecule has 1 N–H and O–H groups in total. The van der Waals surface area contributed by atoms with Crippen LogP contribution in [0.5, 0.6) is 11.5 Å². The van der Waals surface area contributed by atoms with Gasteiger partial charge in [0.05, 0.1) is 23.6 Å². The highest BCUT2D eigenvalue weighted by atomic mass is 35.5. The molecule has 1 aliphatic carbocycles. The van der Waals surface area contributed by atoms with E-state index in [9.17, 15) is 13.2 Å². The lowest BCUT2D eigenvalue weighted by Crippen LogP contribution is -2.45. The Balaban J connectivity index is 1.45. The zero-order valence-electron chi connectivity index (χ0n) is 20.7. The first-order valence-electron chi connectivity index (χ1n) is 12.3. The number of nitrogens with one attached hydrogen (secondary N) is 1. The van der Waals surface area contributed by atoms with Crippen LogP contribution in [-0.2, 0) is 21.4 Å². The highest BCUT2D eigenvalue weighted by Gasteiger charge is 2.34. The van der Waals surface area contributed by atoms with Crippen molar-refractivity contribution in [3.8, 4) is 11.5 Å². The number of rotatable bonds is 10. The van der Waals surface area contributed by atoms with Gasteiger partial charge in [-0.05, 0) is 60.9 Å². The molecule has 3 aromatic carbocycles. The minimum atomic E-state index is -3.96. The molecule has 0 atom stereocenters. The first-order valence-corrected chi connectivity index (χ1v) is 14.1. The van der Waals surface area contributed by atoms with Crippen LogP contribution in [0.1, 0.15) is 37.7 Å². The second-order valence-corrected chi connectivity index (χ2v) is 11.3. The Hall–Kier alpha value is -3.07. The average molecular weight is 543 g/mol. The standard InChI is InChI=1S/C28H31ClN2O5S/c1-35-27-17-16-25(18-26(27)29)37(33,34)31(23-10-6-3-7-11-23)19-28(32)30-22-12-14-24(15-13-22)36-20-21-8-4-2-5-9-21/h2,4-5,8-9,12-18,23H,3,6-7,10-11,19-20H2,1H3,(H,30,32). The average Bonchev–Trinajstić information content (AvgIpc) is 2.92. The van der Waals surface area contributed by atoms with Crippen LogP contribution in [0.15, 0.2) is 77.7 Å². The van der Waals surface area contributed by atoms with Crippen molar-refractivity contribution >= 4 is 33.2 Å². The predicted octanol–water partition coefficient (Wildman–Crippen LogP) is 5.89. The topological polar surface area (TPSA) is 84.9 Å². The van der Waals surface area contributed by atoms with E-state index in [1.807, 2.05) is 30.3 Å². The summed E-state index contributed by atoms with van der Waals surface area (Å²) >= 11 is 6.21. The van der Waals surface area contributed by atoms with Crippen molar-refractivity contribution in [1.29, 1.82) is 0 Å². The van der Waals surface area contributed by atoms with Gasteiger partial charge in [-0.1, -0.05) is 61.2 Å². The Morgan fingerprint density at radius 1 is 1.00 bits per heavy atom. The molecule has 0 aromatic heterocycles. The molecule has 1 fully saturated rings. The monoisotopic (exact) mass is 542 g/mol. The van der Waals surface area contributed by atoms with Crippen molar-refractivity contribution < 1.29 is 22.7 Å². The van der Waals surface area contributed by atoms with E-state index >= 15 is 0 Å². The number of halogens is 1. The second-order valence-electron chi connectivity index (χ2n) is 8.99. The Labute approximate surface area is 223 Å². The van der Waals surface area contributed by atoms with Crippen molar-refractivity contribution in [3.05, 3.63) is 83.4 Å². The summed E-state index contributed by atoms with van der Waals surface area (Å²) in [4.78, 5) is 13.1. The molecule has 0 saturated heterocycles. The first kappa shape index (κ1) is 27.0. The largest absolute Gasteiger partial charge is 0.495 e. The van der Waals surface area contributed by atoms with Gasteiger partial charge in [0.2, 0.25) is 15.9 Å². The Bertz CT molecular complexity index is 1290. The van der Waals surface area contributed by atoms with Crippen LogP contribution in [0.2, 0.25) is 5.02 Å². The predicted molar refractivity (Wildman–Crippen MR) is 145 cm³/mol. The Morgan fingerprint density at radius 3 is 2.35 bits per heavy atom. The zero-order chi connectivity index (χ0) is 26.3. The summed E-state index contributed by atoms with van der Waals surface area (Å²) in [5.41, 5.74) is 1.62. The highest BCUT2D eigenvalue weighted by Crippen LogP contribution is 2.32. The molecule has 0 unspecified atom stereocenters. The number of nitrogens with zero attached hydrogens (tertiary/aromatic N) is 1. The molecule has 0 heterocycles. The van der Waals surface area contributed by atoms with Crippen molar-refractivity contribution in [3.63, 3.8) is 0 Å². The lowest BCUT2D eigenvalue weighted by molar-refractivity contribution is -0.116. The quantitative estimate of drug-likeness (QED) is 0.345. The second kappa shape index (κ2) is 12.4. The summed E-state index contributed by atoms with van der Waals surface area (Å²) in [6.07, 6.45) is 4.33. The fraction of sp³-hybridized carbons (Fsp3) is 0.321. The first-order chi connectivity index (χ1) is 17.9. The van der Waals surface area contributed by atoms with Crippen molar-refractivity contribution in [2.45, 2.75) is 49.6 Å². The molecule has 0 radical (unpaired) electrons. The molecule has 196 valence electrons. The molecule has 0 aliphatic heterocycles. The molecule has 1 saturated carbocycles. The van der Waals surface area contributed by atoms with Crippen LogP contribution in [0.4, 0.5) is 5.69 Å². The van der Waals surface area contributed by atoms with Gasteiger partial charge < -0.3 is 14.8 Å². The summed E-state index contributed by atoms with van der Waals surface area (Å²) in [5, 5.41) is 3.02. The van der Waals surface area contributed by atoms with Crippen molar-refractivity contribution in [2.75, 3.05) is 19.0 Å². The van der Waals surface area contributed by atoms with Gasteiger partial charge in [0.1, 0.15) is 18.1 Å². The fourth-order valence-electron chi connectivity index (χ4n) is 4.44. The van der Waals surface area contributed by atoms with E-state index in [1.165, 1.54) is 29.6 Å². The molecule has 37 heavy (non-hydrogen) atoms. The zero-order valence-corrected chi connectivity index (χ0v) is 22.3. The lowest BCUT2D eigenvalue weighted by atomic mass is 9.95. The molecule has 0 bridgehead atoms. The lowest BCUT2D eigenvalue weighted by Gasteiger charge is -2.33. The third kappa shape index (κ3) is 7.03. The molecule has 0 spiro atoms. The third-order valence-electron chi connectivity index (χ3n) is 6.40. The van der Waals surface area contributed by atoms with E-state index in [4.69, 9.17) is 21.1 Å². The molecule has 9 heteroatoms. The van der Waals surface area contributed by atoms with Crippen LogP contribution in [0.3, 0.4) is 0 Å². The summed E-state index contributed by atoms with van der Waals surface area (Å²) in [6.45, 7) is 0.152. The number of benzene rings is 3. The van der Waals surface area contributed by atoms with Crippen LogP contribution < -0.4 is 14.8 Å². The van der Waals surface area contributed by atoms with E-state index in [2.05, 4.69) is 5.32 Å². The van der Waals surface area contributed by atoms with Gasteiger partial charge in [0, 0.05) is 11.7 Å². The minimum absolute atomic E-state index is 0.0385. The summed E-state index contributed by atoms with van der Waals surface area (Å²) < 4.78 is 39.5. The highest BCUT2D eigenvalue weighted by molar-refractivity contribution is 7.89. The summed E-state index contributed by atoms with van der Waals surface area (Å²) in [7, 11) is -2.50. The van der Waals surface area contributed by atoms with Crippen LogP contribution in [0, 0.1) is 0 Å². The van der Waals surface area contributed by atoms with Crippen molar-refractivity contribution in [1.82, 2.24) is 4.31 Å². The van der Waals surface area contributed by atoms with Crippen LogP contribution in [-0.4, -0.2) is 38.3 Å². The van der Waals surface area contributed by atoms with E-state index in [1.54, 1.807) is 24.3 Å². The number of hydrogen-bond acceptors (Lipinski definition) is 5. The molecule has 3 aromatic rings. The normalized spacial score (nSPS) is 14.4. The Morgan fingerprint density at radius 2 is 1.70 bits per heavy atom. The van der Waals surface area contributed by atoms with Gasteiger partial charge in [-0.15, -0.1) is 0 Å². The minimum Gasteiger partial charge on any atom is -0.495 e. The number of amides is 1. The number of carbonyl (C=O) groups excluding carboxylic acids is 1. The van der Waals surface area contributed by atoms with E-state index in [-0.39, 0.29) is 22.5 Å². The third-order valence-corrected chi connectivity index (χ3v) is 8.59. The maximum Gasteiger partial charge on any atom is 0.243 e. The number of ether oxygens (including phenoxy) is 2. The van der Waals surface area contributed by atoms with Gasteiger partial charge in [-0.3, -0.25) is 4.79 Å². The smallest absolute Gasteiger partial charge is 0.243 e. The van der Waals surface area contributed by atoms with Gasteiger partial charge in [0.15, 0.2) is 0 Å². The van der Waals surface area contributed by atoms with Gasteiger partial charge in [-0.2, -0.15) is 4.31 Å². The van der Waals surface area contributed by atoms with Crippen LogP contribution in [0.25, 0.3) is 0 Å². The van der Waals surface area contributed by atoms with Crippen LogP contribution >= 0.6 is 11.6 Å². The number of hydrogen-bond donors (Lipinski definition) is 1. The summed E-state index contributed by atoms with van der Waals surface area (Å²) in [5.74, 6) is 0.648. The molecule has 7 nitrogen and oxygen atoms in total. The summed E-state index contributed by atoms with van der Waals surface area (Å²) in [6, 6.07) is 21.0. The molecule has 4 rings (SSSR count). The number of sulfonamides is 1. The maximum atomic E-state index is 13.6. The molecule has 1 amide bonds. The Kier molecular flexibility index (Phi) is 9.08. The number of anilines is 1. The number of methoxy groups -OCH3 is 1. The van der Waals surface area contributed by atoms with Gasteiger partial charge >= 0.3 is 0 Å². The van der Waals surface area contributed by atoms with Gasteiger partial charge in [-0.25, -0.2) is 8.42 Å². The van der Waals surface area contributed by atoms with E-state index < -0.39 is 15.9 Å². The van der Waals surface area contributed by atoms with E-state index in [0.29, 0.717) is 36.6 Å². The fourth-order valence-corrected chi connectivity index (χ4v) is 6.43. The number of carbonyl (C=O) groups is 1.